The van der Waals surface area contributed by atoms with Crippen LogP contribution in [-0.4, -0.2) is 40.8 Å². The second-order valence-electron chi connectivity index (χ2n) is 7.68. The number of nitrogens with one attached hydrogen (secondary N) is 2. The van der Waals surface area contributed by atoms with Crippen LogP contribution in [0.15, 0.2) is 0 Å². The molecule has 1 aliphatic carbocycles. The summed E-state index contributed by atoms with van der Waals surface area (Å²) >= 11 is 0. The van der Waals surface area contributed by atoms with E-state index in [1.54, 1.807) is 20.8 Å². The van der Waals surface area contributed by atoms with Crippen molar-refractivity contribution in [1.29, 1.82) is 0 Å². The van der Waals surface area contributed by atoms with Crippen LogP contribution in [0.3, 0.4) is 0 Å². The molecule has 0 aromatic heterocycles. The molecule has 0 heterocycles. The van der Waals surface area contributed by atoms with Crippen molar-refractivity contribution in [2.24, 2.45) is 0 Å². The van der Waals surface area contributed by atoms with E-state index in [1.807, 2.05) is 0 Å². The van der Waals surface area contributed by atoms with E-state index in [4.69, 9.17) is 9.84 Å². The molecule has 0 saturated heterocycles. The Labute approximate surface area is 149 Å². The molecule has 25 heavy (non-hydrogen) atoms. The molecule has 0 unspecified atom stereocenters. The van der Waals surface area contributed by atoms with Crippen LogP contribution < -0.4 is 10.6 Å². The highest BCUT2D eigenvalue weighted by atomic mass is 16.6. The van der Waals surface area contributed by atoms with Crippen molar-refractivity contribution in [3.8, 4) is 0 Å². The van der Waals surface area contributed by atoms with Gasteiger partial charge in [0.05, 0.1) is 0 Å². The molecule has 0 aromatic rings. The topological polar surface area (TPSA) is 105 Å². The lowest BCUT2D eigenvalue weighted by molar-refractivity contribution is -0.137. The monoisotopic (exact) mass is 356 g/mol. The van der Waals surface area contributed by atoms with E-state index in [9.17, 15) is 14.4 Å². The summed E-state index contributed by atoms with van der Waals surface area (Å²) in [5.74, 6) is -1.00. The minimum Gasteiger partial charge on any atom is -0.481 e. The fourth-order valence-electron chi connectivity index (χ4n) is 2.89. The molecule has 1 rings (SSSR count). The molecule has 0 aromatic carbocycles. The number of carboxylic acids is 1. The third-order valence-corrected chi connectivity index (χ3v) is 4.09. The van der Waals surface area contributed by atoms with Crippen LogP contribution in [0.25, 0.3) is 0 Å². The molecular formula is C18H32N2O5. The quantitative estimate of drug-likeness (QED) is 0.551. The number of hydrogen-bond donors (Lipinski definition) is 3. The van der Waals surface area contributed by atoms with Crippen LogP contribution in [0.2, 0.25) is 0 Å². The Hall–Kier alpha value is -1.79. The first-order valence-corrected chi connectivity index (χ1v) is 9.19. The zero-order chi connectivity index (χ0) is 18.9. The van der Waals surface area contributed by atoms with E-state index in [0.29, 0.717) is 25.7 Å². The molecule has 7 heteroatoms. The number of unbranched alkanes of at least 4 members (excludes halogenated alkanes) is 2. The molecule has 0 aliphatic heterocycles. The van der Waals surface area contributed by atoms with Gasteiger partial charge in [-0.05, 0) is 46.5 Å². The van der Waals surface area contributed by atoms with Gasteiger partial charge in [0.2, 0.25) is 5.91 Å². The third kappa shape index (κ3) is 9.94. The number of carbonyl (C=O) groups is 3. The summed E-state index contributed by atoms with van der Waals surface area (Å²) in [5.41, 5.74) is -0.627. The Balaban J connectivity index is 2.50. The molecule has 2 amide bonds. The number of alkyl carbamates (subject to hydrolysis) is 1. The highest BCUT2D eigenvalue weighted by Gasteiger charge is 2.26. The van der Waals surface area contributed by atoms with Gasteiger partial charge in [-0.2, -0.15) is 0 Å². The lowest BCUT2D eigenvalue weighted by atomic mass is 10.1. The number of rotatable bonds is 9. The number of carbonyl (C=O) groups excluding carboxylic acids is 2. The van der Waals surface area contributed by atoms with Crippen molar-refractivity contribution < 1.29 is 24.2 Å². The highest BCUT2D eigenvalue weighted by Crippen LogP contribution is 2.18. The zero-order valence-corrected chi connectivity index (χ0v) is 15.6. The largest absolute Gasteiger partial charge is 0.481 e. The highest BCUT2D eigenvalue weighted by molar-refractivity contribution is 5.85. The van der Waals surface area contributed by atoms with Crippen LogP contribution in [0, 0.1) is 0 Å². The molecule has 1 atom stereocenters. The smallest absolute Gasteiger partial charge is 0.408 e. The van der Waals surface area contributed by atoms with Gasteiger partial charge in [-0.1, -0.05) is 25.7 Å². The van der Waals surface area contributed by atoms with Crippen molar-refractivity contribution in [1.82, 2.24) is 10.6 Å². The van der Waals surface area contributed by atoms with Gasteiger partial charge in [-0.15, -0.1) is 0 Å². The summed E-state index contributed by atoms with van der Waals surface area (Å²) < 4.78 is 5.24. The Kier molecular flexibility index (Phi) is 8.72. The summed E-state index contributed by atoms with van der Waals surface area (Å²) in [7, 11) is 0. The second-order valence-corrected chi connectivity index (χ2v) is 7.68. The maximum Gasteiger partial charge on any atom is 0.408 e. The third-order valence-electron chi connectivity index (χ3n) is 4.09. The molecule has 0 radical (unpaired) electrons. The minimum atomic E-state index is -0.817. The first kappa shape index (κ1) is 21.3. The standard InChI is InChI=1S/C18H32N2O5/c1-18(2,3)25-17(24)20-14(11-5-4-6-12-15(21)22)16(23)19-13-9-7-8-10-13/h13-14H,4-12H2,1-3H3,(H,19,23)(H,20,24)(H,21,22)/t14-/m0/s1. The van der Waals surface area contributed by atoms with E-state index in [2.05, 4.69) is 10.6 Å². The number of ether oxygens (including phenoxy) is 1. The lowest BCUT2D eigenvalue weighted by Gasteiger charge is -2.24. The second kappa shape index (κ2) is 10.3. The summed E-state index contributed by atoms with van der Waals surface area (Å²) in [6, 6.07) is -0.470. The van der Waals surface area contributed by atoms with E-state index < -0.39 is 23.7 Å². The number of hydrogen-bond acceptors (Lipinski definition) is 4. The number of carboxylic acid groups (broad SMARTS) is 1. The van der Waals surface area contributed by atoms with Gasteiger partial charge in [0.15, 0.2) is 0 Å². The van der Waals surface area contributed by atoms with Crippen molar-refractivity contribution in [2.45, 2.75) is 96.2 Å². The van der Waals surface area contributed by atoms with Crippen molar-refractivity contribution >= 4 is 18.0 Å². The van der Waals surface area contributed by atoms with Crippen molar-refractivity contribution in [3.63, 3.8) is 0 Å². The molecule has 0 bridgehead atoms. The summed E-state index contributed by atoms with van der Waals surface area (Å²) in [6.07, 6.45) is 6.11. The summed E-state index contributed by atoms with van der Waals surface area (Å²) in [5, 5.41) is 14.3. The Morgan fingerprint density at radius 1 is 1.12 bits per heavy atom. The number of amides is 2. The first-order valence-electron chi connectivity index (χ1n) is 9.19. The first-order chi connectivity index (χ1) is 11.7. The Morgan fingerprint density at radius 3 is 2.32 bits per heavy atom. The summed E-state index contributed by atoms with van der Waals surface area (Å²) in [6.45, 7) is 5.31. The van der Waals surface area contributed by atoms with Gasteiger partial charge in [-0.25, -0.2) is 4.79 Å². The van der Waals surface area contributed by atoms with Gasteiger partial charge in [-0.3, -0.25) is 9.59 Å². The SMILES string of the molecule is CC(C)(C)OC(=O)N[C@@H](CCCCCC(=O)O)C(=O)NC1CCCC1. The number of aliphatic carboxylic acids is 1. The van der Waals surface area contributed by atoms with E-state index in [-0.39, 0.29) is 18.4 Å². The van der Waals surface area contributed by atoms with Crippen molar-refractivity contribution in [3.05, 3.63) is 0 Å². The van der Waals surface area contributed by atoms with Gasteiger partial charge < -0.3 is 20.5 Å². The summed E-state index contributed by atoms with van der Waals surface area (Å²) in [4.78, 5) is 35.0. The van der Waals surface area contributed by atoms with Crippen molar-refractivity contribution in [2.75, 3.05) is 0 Å². The molecule has 0 spiro atoms. The molecule has 144 valence electrons. The van der Waals surface area contributed by atoms with Crippen LogP contribution in [0.5, 0.6) is 0 Å². The van der Waals surface area contributed by atoms with E-state index in [0.717, 1.165) is 25.7 Å². The van der Waals surface area contributed by atoms with E-state index >= 15 is 0 Å². The Morgan fingerprint density at radius 2 is 1.76 bits per heavy atom. The molecular weight excluding hydrogens is 324 g/mol. The molecule has 7 nitrogen and oxygen atoms in total. The van der Waals surface area contributed by atoms with Crippen LogP contribution in [-0.2, 0) is 14.3 Å². The Bertz CT molecular complexity index is 453. The average molecular weight is 356 g/mol. The predicted octanol–water partition coefficient (Wildman–Crippen LogP) is 2.97. The van der Waals surface area contributed by atoms with Gasteiger partial charge in [0.25, 0.3) is 0 Å². The van der Waals surface area contributed by atoms with Gasteiger partial charge in [0.1, 0.15) is 11.6 Å². The molecule has 1 aliphatic rings. The normalized spacial score (nSPS) is 16.3. The fourth-order valence-corrected chi connectivity index (χ4v) is 2.89. The maximum atomic E-state index is 12.5. The lowest BCUT2D eigenvalue weighted by Crippen LogP contribution is -2.50. The maximum absolute atomic E-state index is 12.5. The van der Waals surface area contributed by atoms with Gasteiger partial charge >= 0.3 is 12.1 Å². The molecule has 1 saturated carbocycles. The molecule has 3 N–H and O–H groups in total. The van der Waals surface area contributed by atoms with Crippen LogP contribution in [0.4, 0.5) is 4.79 Å². The van der Waals surface area contributed by atoms with Crippen LogP contribution in [0.1, 0.15) is 78.6 Å². The average Bonchev–Trinajstić information content (AvgIpc) is 2.96. The predicted molar refractivity (Wildman–Crippen MR) is 94.3 cm³/mol. The fraction of sp³-hybridized carbons (Fsp3) is 0.833. The van der Waals surface area contributed by atoms with Gasteiger partial charge in [0, 0.05) is 12.5 Å². The zero-order valence-electron chi connectivity index (χ0n) is 15.6. The van der Waals surface area contributed by atoms with E-state index in [1.165, 1.54) is 0 Å². The van der Waals surface area contributed by atoms with Crippen LogP contribution >= 0.6 is 0 Å². The minimum absolute atomic E-state index is 0.123. The molecule has 1 fully saturated rings.